The first kappa shape index (κ1) is 17.4. The van der Waals surface area contributed by atoms with Gasteiger partial charge in [-0.1, -0.05) is 11.2 Å². The Morgan fingerprint density at radius 1 is 1.48 bits per heavy atom. The van der Waals surface area contributed by atoms with E-state index in [0.717, 1.165) is 0 Å². The Hall–Kier alpha value is -2.41. The van der Waals surface area contributed by atoms with Gasteiger partial charge in [0.25, 0.3) is 5.91 Å². The number of likely N-dealkylation sites (tertiary alicyclic amines) is 1. The molecule has 0 radical (unpaired) electrons. The molecule has 0 saturated carbocycles. The van der Waals surface area contributed by atoms with E-state index in [9.17, 15) is 14.3 Å². The van der Waals surface area contributed by atoms with Crippen LogP contribution in [0.2, 0.25) is 0 Å². The van der Waals surface area contributed by atoms with Gasteiger partial charge in [-0.25, -0.2) is 4.39 Å². The molecular formula is C18H21FN2O4. The molecule has 7 heteroatoms. The van der Waals surface area contributed by atoms with Crippen molar-refractivity contribution in [3.05, 3.63) is 47.1 Å². The lowest BCUT2D eigenvalue weighted by Gasteiger charge is -2.42. The van der Waals surface area contributed by atoms with Gasteiger partial charge in [-0.3, -0.25) is 4.79 Å². The monoisotopic (exact) mass is 348 g/mol. The molecule has 1 aromatic carbocycles. The molecule has 1 fully saturated rings. The van der Waals surface area contributed by atoms with Crippen LogP contribution in [0.1, 0.15) is 35.2 Å². The zero-order chi connectivity index (χ0) is 18.2. The molecule has 2 heterocycles. The number of benzene rings is 1. The maximum absolute atomic E-state index is 13.4. The number of halogens is 1. The average molecular weight is 348 g/mol. The predicted molar refractivity (Wildman–Crippen MR) is 87.9 cm³/mol. The van der Waals surface area contributed by atoms with Gasteiger partial charge in [0, 0.05) is 12.6 Å². The smallest absolute Gasteiger partial charge is 0.259 e. The lowest BCUT2D eigenvalue weighted by Crippen LogP contribution is -2.57. The van der Waals surface area contributed by atoms with Crippen molar-refractivity contribution in [1.82, 2.24) is 10.1 Å². The van der Waals surface area contributed by atoms with Gasteiger partial charge < -0.3 is 19.3 Å². The lowest BCUT2D eigenvalue weighted by molar-refractivity contribution is -0.0882. The molecule has 0 aliphatic carbocycles. The number of carbonyl (C=O) groups excluding carboxylic acids is 1. The zero-order valence-corrected chi connectivity index (χ0v) is 14.5. The third-order valence-corrected chi connectivity index (χ3v) is 4.58. The van der Waals surface area contributed by atoms with E-state index in [2.05, 4.69) is 5.16 Å². The molecule has 3 rings (SSSR count). The predicted octanol–water partition coefficient (Wildman–Crippen LogP) is 2.48. The summed E-state index contributed by atoms with van der Waals surface area (Å²) in [5, 5.41) is 14.4. The average Bonchev–Trinajstić information content (AvgIpc) is 2.87. The molecule has 134 valence electrons. The summed E-state index contributed by atoms with van der Waals surface area (Å²) in [6, 6.07) is 5.73. The minimum absolute atomic E-state index is 0.187. The van der Waals surface area contributed by atoms with Crippen molar-refractivity contribution in [2.45, 2.75) is 38.9 Å². The number of hydrogen-bond donors (Lipinski definition) is 1. The number of aromatic nitrogens is 1. The summed E-state index contributed by atoms with van der Waals surface area (Å²) in [6.07, 6.45) is -0.324. The minimum Gasteiger partial charge on any atom is -0.485 e. The van der Waals surface area contributed by atoms with Gasteiger partial charge in [-0.2, -0.15) is 0 Å². The second kappa shape index (κ2) is 6.48. The summed E-state index contributed by atoms with van der Waals surface area (Å²) in [5.41, 5.74) is -0.157. The highest BCUT2D eigenvalue weighted by Crippen LogP contribution is 2.28. The van der Waals surface area contributed by atoms with Gasteiger partial charge in [-0.05, 0) is 39.3 Å². The van der Waals surface area contributed by atoms with E-state index in [1.807, 2.05) is 0 Å². The SMILES string of the molecule is Cc1noc(C)c1C(=O)N1CC[C@@](C)(O)[C@H](Oc2cccc(F)c2)C1. The van der Waals surface area contributed by atoms with Crippen molar-refractivity contribution in [2.24, 2.45) is 0 Å². The van der Waals surface area contributed by atoms with Gasteiger partial charge in [-0.15, -0.1) is 0 Å². The molecule has 1 aliphatic heterocycles. The van der Waals surface area contributed by atoms with Crippen LogP contribution in [-0.4, -0.2) is 45.9 Å². The van der Waals surface area contributed by atoms with Crippen molar-refractivity contribution in [3.63, 3.8) is 0 Å². The fourth-order valence-electron chi connectivity index (χ4n) is 3.01. The van der Waals surface area contributed by atoms with Gasteiger partial charge in [0.1, 0.15) is 34.6 Å². The van der Waals surface area contributed by atoms with E-state index >= 15 is 0 Å². The van der Waals surface area contributed by atoms with Crippen LogP contribution in [0.15, 0.2) is 28.8 Å². The topological polar surface area (TPSA) is 75.8 Å². The summed E-state index contributed by atoms with van der Waals surface area (Å²) >= 11 is 0. The van der Waals surface area contributed by atoms with Crippen LogP contribution >= 0.6 is 0 Å². The molecule has 1 aliphatic rings. The zero-order valence-electron chi connectivity index (χ0n) is 14.5. The molecule has 1 amide bonds. The van der Waals surface area contributed by atoms with Crippen LogP contribution in [0, 0.1) is 19.7 Å². The standard InChI is InChI=1S/C18H21FN2O4/c1-11-16(12(2)25-20-11)17(22)21-8-7-18(3,23)15(10-21)24-14-6-4-5-13(19)9-14/h4-6,9,15,23H,7-8,10H2,1-3H3/t15-,18-/m1/s1. The fraction of sp³-hybridized carbons (Fsp3) is 0.444. The van der Waals surface area contributed by atoms with Crippen LogP contribution < -0.4 is 4.74 Å². The summed E-state index contributed by atoms with van der Waals surface area (Å²) in [5.74, 6) is 0.149. The maximum Gasteiger partial charge on any atom is 0.259 e. The summed E-state index contributed by atoms with van der Waals surface area (Å²) < 4.78 is 24.2. The highest BCUT2D eigenvalue weighted by Gasteiger charge is 2.41. The Labute approximate surface area is 145 Å². The van der Waals surface area contributed by atoms with E-state index in [-0.39, 0.29) is 12.5 Å². The quantitative estimate of drug-likeness (QED) is 0.922. The van der Waals surface area contributed by atoms with Crippen molar-refractivity contribution in [1.29, 1.82) is 0 Å². The van der Waals surface area contributed by atoms with E-state index < -0.39 is 17.5 Å². The van der Waals surface area contributed by atoms with E-state index in [0.29, 0.717) is 35.7 Å². The summed E-state index contributed by atoms with van der Waals surface area (Å²) in [4.78, 5) is 14.4. The van der Waals surface area contributed by atoms with Gasteiger partial charge in [0.2, 0.25) is 0 Å². The molecule has 0 spiro atoms. The number of aryl methyl sites for hydroxylation is 2. The molecule has 25 heavy (non-hydrogen) atoms. The minimum atomic E-state index is -1.12. The second-order valence-corrected chi connectivity index (χ2v) is 6.62. The number of rotatable bonds is 3. The number of carbonyl (C=O) groups is 1. The number of piperidine rings is 1. The number of aliphatic hydroxyl groups is 1. The number of amides is 1. The Bertz CT molecular complexity index is 768. The Morgan fingerprint density at radius 2 is 2.24 bits per heavy atom. The normalized spacial score (nSPS) is 23.6. The van der Waals surface area contributed by atoms with Crippen LogP contribution in [0.25, 0.3) is 0 Å². The number of nitrogens with zero attached hydrogens (tertiary/aromatic N) is 2. The highest BCUT2D eigenvalue weighted by atomic mass is 19.1. The Kier molecular flexibility index (Phi) is 4.51. The first-order valence-corrected chi connectivity index (χ1v) is 8.14. The summed E-state index contributed by atoms with van der Waals surface area (Å²) in [6.45, 7) is 5.64. The molecule has 0 unspecified atom stereocenters. The number of hydrogen-bond acceptors (Lipinski definition) is 5. The lowest BCUT2D eigenvalue weighted by atomic mass is 9.90. The van der Waals surface area contributed by atoms with E-state index in [1.165, 1.54) is 18.2 Å². The van der Waals surface area contributed by atoms with Crippen LogP contribution in [0.3, 0.4) is 0 Å². The molecule has 0 bridgehead atoms. The molecular weight excluding hydrogens is 327 g/mol. The van der Waals surface area contributed by atoms with Crippen molar-refractivity contribution in [2.75, 3.05) is 13.1 Å². The van der Waals surface area contributed by atoms with Crippen LogP contribution in [-0.2, 0) is 0 Å². The maximum atomic E-state index is 13.4. The molecule has 1 saturated heterocycles. The van der Waals surface area contributed by atoms with Gasteiger partial charge in [0.05, 0.1) is 12.2 Å². The first-order chi connectivity index (χ1) is 11.8. The van der Waals surface area contributed by atoms with Crippen LogP contribution in [0.4, 0.5) is 4.39 Å². The van der Waals surface area contributed by atoms with Gasteiger partial charge in [0.15, 0.2) is 0 Å². The van der Waals surface area contributed by atoms with Gasteiger partial charge >= 0.3 is 0 Å². The van der Waals surface area contributed by atoms with Crippen molar-refractivity contribution in [3.8, 4) is 5.75 Å². The molecule has 1 aromatic heterocycles. The van der Waals surface area contributed by atoms with Crippen LogP contribution in [0.5, 0.6) is 5.75 Å². The Balaban J connectivity index is 1.80. The van der Waals surface area contributed by atoms with Crippen molar-refractivity contribution >= 4 is 5.91 Å². The second-order valence-electron chi connectivity index (χ2n) is 6.62. The summed E-state index contributed by atoms with van der Waals surface area (Å²) in [7, 11) is 0. The molecule has 2 atom stereocenters. The highest BCUT2D eigenvalue weighted by molar-refractivity contribution is 5.96. The first-order valence-electron chi connectivity index (χ1n) is 8.14. The third-order valence-electron chi connectivity index (χ3n) is 4.58. The number of ether oxygens (including phenoxy) is 1. The van der Waals surface area contributed by atoms with Crippen molar-refractivity contribution < 1.29 is 23.6 Å². The third kappa shape index (κ3) is 3.51. The van der Waals surface area contributed by atoms with E-state index in [1.54, 1.807) is 31.7 Å². The molecule has 2 aromatic rings. The largest absolute Gasteiger partial charge is 0.485 e. The Morgan fingerprint density at radius 3 is 2.88 bits per heavy atom. The fourth-order valence-corrected chi connectivity index (χ4v) is 3.01. The molecule has 6 nitrogen and oxygen atoms in total. The molecule has 1 N–H and O–H groups in total. The van der Waals surface area contributed by atoms with E-state index in [4.69, 9.17) is 9.26 Å².